The van der Waals surface area contributed by atoms with Gasteiger partial charge in [-0.3, -0.25) is 4.79 Å². The number of piperazine rings is 1. The zero-order valence-corrected chi connectivity index (χ0v) is 19.0. The summed E-state index contributed by atoms with van der Waals surface area (Å²) in [6, 6.07) is 8.12. The van der Waals surface area contributed by atoms with Gasteiger partial charge in [0.1, 0.15) is 12.0 Å². The van der Waals surface area contributed by atoms with Crippen molar-refractivity contribution in [2.45, 2.75) is 52.1 Å². The van der Waals surface area contributed by atoms with Crippen molar-refractivity contribution in [1.29, 1.82) is 0 Å². The highest BCUT2D eigenvalue weighted by Gasteiger charge is 2.54. The van der Waals surface area contributed by atoms with Gasteiger partial charge in [-0.05, 0) is 62.6 Å². The molecular formula is C25H34ClN2O2+. The maximum atomic E-state index is 12.9. The fraction of sp³-hybridized carbons (Fsp3) is 0.640. The largest absolute Gasteiger partial charge is 0.462 e. The summed E-state index contributed by atoms with van der Waals surface area (Å²) in [6.45, 7) is 9.79. The number of ether oxygens (including phenoxy) is 1. The Hall–Kier alpha value is -1.52. The maximum Gasteiger partial charge on any atom is 0.315 e. The van der Waals surface area contributed by atoms with E-state index in [1.54, 1.807) is 16.0 Å². The summed E-state index contributed by atoms with van der Waals surface area (Å²) in [7, 11) is 0. The molecule has 4 nitrogen and oxygen atoms in total. The minimum Gasteiger partial charge on any atom is -0.462 e. The summed E-state index contributed by atoms with van der Waals surface area (Å²) in [5.41, 5.74) is 4.70. The summed E-state index contributed by atoms with van der Waals surface area (Å²) in [6.07, 6.45) is 6.01. The Labute approximate surface area is 185 Å². The molecule has 5 heteroatoms. The minimum absolute atomic E-state index is 0.0643. The van der Waals surface area contributed by atoms with E-state index in [0.29, 0.717) is 5.92 Å². The van der Waals surface area contributed by atoms with Crippen LogP contribution in [0, 0.1) is 17.3 Å². The smallest absolute Gasteiger partial charge is 0.315 e. The first-order valence-electron chi connectivity index (χ1n) is 11.7. The van der Waals surface area contributed by atoms with Gasteiger partial charge >= 0.3 is 5.97 Å². The first kappa shape index (κ1) is 20.4. The molecule has 1 aromatic carbocycles. The van der Waals surface area contributed by atoms with Crippen molar-refractivity contribution in [1.82, 2.24) is 0 Å². The molecule has 4 aliphatic rings. The van der Waals surface area contributed by atoms with Crippen LogP contribution in [0.2, 0.25) is 5.02 Å². The first-order chi connectivity index (χ1) is 14.4. The monoisotopic (exact) mass is 429 g/mol. The predicted octanol–water partition coefficient (Wildman–Crippen LogP) is 3.50. The molecule has 1 aromatic rings. The van der Waals surface area contributed by atoms with Gasteiger partial charge in [0.2, 0.25) is 0 Å². The van der Waals surface area contributed by atoms with E-state index >= 15 is 0 Å². The van der Waals surface area contributed by atoms with E-state index in [9.17, 15) is 4.79 Å². The van der Waals surface area contributed by atoms with Crippen molar-refractivity contribution in [2.75, 3.05) is 37.6 Å². The van der Waals surface area contributed by atoms with Gasteiger partial charge in [-0.25, -0.2) is 0 Å². The zero-order valence-electron chi connectivity index (χ0n) is 18.3. The Morgan fingerprint density at radius 1 is 1.30 bits per heavy atom. The van der Waals surface area contributed by atoms with Crippen LogP contribution >= 0.6 is 11.6 Å². The van der Waals surface area contributed by atoms with E-state index in [0.717, 1.165) is 50.6 Å². The molecule has 5 rings (SSSR count). The molecule has 3 fully saturated rings. The molecule has 1 saturated carbocycles. The average Bonchev–Trinajstić information content (AvgIpc) is 3.01. The summed E-state index contributed by atoms with van der Waals surface area (Å²) < 4.78 is 5.97. The van der Waals surface area contributed by atoms with E-state index < -0.39 is 0 Å². The third kappa shape index (κ3) is 3.67. The fourth-order valence-electron chi connectivity index (χ4n) is 6.61. The summed E-state index contributed by atoms with van der Waals surface area (Å²) in [5.74, 6) is 0.511. The van der Waals surface area contributed by atoms with Gasteiger partial charge in [0.25, 0.3) is 0 Å². The van der Waals surface area contributed by atoms with E-state index in [-0.39, 0.29) is 23.4 Å². The molecule has 2 saturated heterocycles. The normalized spacial score (nSPS) is 34.6. The maximum absolute atomic E-state index is 12.9. The molecule has 2 aliphatic carbocycles. The highest BCUT2D eigenvalue weighted by molar-refractivity contribution is 6.30. The lowest BCUT2D eigenvalue weighted by Gasteiger charge is -2.45. The van der Waals surface area contributed by atoms with Gasteiger partial charge in [0.15, 0.2) is 0 Å². The van der Waals surface area contributed by atoms with Crippen LogP contribution < -0.4 is 9.80 Å². The van der Waals surface area contributed by atoms with Crippen LogP contribution in [0.15, 0.2) is 35.4 Å². The van der Waals surface area contributed by atoms with Crippen molar-refractivity contribution in [3.05, 3.63) is 40.4 Å². The number of quaternary nitrogens is 1. The molecule has 2 heterocycles. The van der Waals surface area contributed by atoms with E-state index in [4.69, 9.17) is 16.3 Å². The molecule has 0 radical (unpaired) electrons. The van der Waals surface area contributed by atoms with Crippen molar-refractivity contribution >= 4 is 23.3 Å². The van der Waals surface area contributed by atoms with Crippen LogP contribution in [0.25, 0.3) is 0 Å². The second-order valence-electron chi connectivity index (χ2n) is 10.2. The molecular weight excluding hydrogens is 396 g/mol. The number of hydrogen-bond acceptors (Lipinski definition) is 3. The third-order valence-corrected chi connectivity index (χ3v) is 8.57. The predicted molar refractivity (Wildman–Crippen MR) is 120 cm³/mol. The van der Waals surface area contributed by atoms with Crippen LogP contribution in [-0.2, 0) is 9.53 Å². The van der Waals surface area contributed by atoms with Crippen molar-refractivity contribution < 1.29 is 14.4 Å². The number of carbonyl (C=O) groups is 1. The number of hydrogen-bond donors (Lipinski definition) is 1. The Bertz CT molecular complexity index is 860. The topological polar surface area (TPSA) is 34.0 Å². The van der Waals surface area contributed by atoms with Crippen LogP contribution in [0.5, 0.6) is 0 Å². The number of benzene rings is 1. The Morgan fingerprint density at radius 2 is 2.10 bits per heavy atom. The first-order valence-corrected chi connectivity index (χ1v) is 12.0. The summed E-state index contributed by atoms with van der Waals surface area (Å²) >= 11 is 6.17. The molecule has 0 amide bonds. The average molecular weight is 430 g/mol. The van der Waals surface area contributed by atoms with Crippen LogP contribution in [-0.4, -0.2) is 44.8 Å². The number of carbonyl (C=O) groups excluding carboxylic acids is 1. The highest BCUT2D eigenvalue weighted by atomic mass is 35.5. The van der Waals surface area contributed by atoms with Crippen molar-refractivity contribution in [2.24, 2.45) is 17.3 Å². The SMILES string of the molecule is CC1=C2C[C@@H]3[C@H](C[NH+]4CCN(c5cccc(Cl)c5)CC4)C(=O)O[C@@H]3C[C@@]2(C)CCC1. The molecule has 4 atom stereocenters. The summed E-state index contributed by atoms with van der Waals surface area (Å²) in [5, 5.41) is 0.790. The van der Waals surface area contributed by atoms with Gasteiger partial charge < -0.3 is 14.5 Å². The second-order valence-corrected chi connectivity index (χ2v) is 10.7. The van der Waals surface area contributed by atoms with Crippen LogP contribution in [0.4, 0.5) is 5.69 Å². The quantitative estimate of drug-likeness (QED) is 0.589. The van der Waals surface area contributed by atoms with Crippen LogP contribution in [0.1, 0.15) is 46.0 Å². The van der Waals surface area contributed by atoms with Gasteiger partial charge in [-0.1, -0.05) is 35.7 Å². The lowest BCUT2D eigenvalue weighted by Crippen LogP contribution is -3.15. The number of halogens is 1. The van der Waals surface area contributed by atoms with E-state index in [2.05, 4.69) is 24.8 Å². The van der Waals surface area contributed by atoms with Crippen molar-refractivity contribution in [3.63, 3.8) is 0 Å². The van der Waals surface area contributed by atoms with Crippen molar-refractivity contribution in [3.8, 4) is 0 Å². The number of nitrogens with zero attached hydrogens (tertiary/aromatic N) is 1. The third-order valence-electron chi connectivity index (χ3n) is 8.33. The number of anilines is 1. The fourth-order valence-corrected chi connectivity index (χ4v) is 6.80. The number of rotatable bonds is 3. The van der Waals surface area contributed by atoms with Gasteiger partial charge in [0.05, 0.1) is 32.7 Å². The van der Waals surface area contributed by atoms with E-state index in [1.165, 1.54) is 24.9 Å². The molecule has 1 N–H and O–H groups in total. The Kier molecular flexibility index (Phi) is 5.35. The number of allylic oxidation sites excluding steroid dienone is 2. The molecule has 0 spiro atoms. The number of nitrogens with one attached hydrogen (secondary N) is 1. The summed E-state index contributed by atoms with van der Waals surface area (Å²) in [4.78, 5) is 16.8. The number of esters is 1. The van der Waals surface area contributed by atoms with Gasteiger partial charge in [-0.2, -0.15) is 0 Å². The standard InChI is InChI=1S/C25H33ClN2O2/c1-17-5-4-8-25(2)15-23-20(14-22(17)25)21(24(29)30-23)16-27-9-11-28(12-10-27)19-7-3-6-18(26)13-19/h3,6-7,13,20-21,23H,4-5,8-12,14-16H2,1-2H3/p+1/t20-,21+,23-,25-/m1/s1. The van der Waals surface area contributed by atoms with Gasteiger partial charge in [-0.15, -0.1) is 0 Å². The zero-order chi connectivity index (χ0) is 20.9. The molecule has 162 valence electrons. The van der Waals surface area contributed by atoms with E-state index in [1.807, 2.05) is 18.2 Å². The Morgan fingerprint density at radius 3 is 2.87 bits per heavy atom. The second kappa shape index (κ2) is 7.87. The molecule has 30 heavy (non-hydrogen) atoms. The van der Waals surface area contributed by atoms with Gasteiger partial charge in [0, 0.05) is 16.6 Å². The molecule has 0 bridgehead atoms. The minimum atomic E-state index is 0.0643. The van der Waals surface area contributed by atoms with Crippen LogP contribution in [0.3, 0.4) is 0 Å². The Balaban J connectivity index is 1.24. The number of fused-ring (bicyclic) bond motifs is 2. The molecule has 2 aliphatic heterocycles. The molecule has 0 aromatic heterocycles. The highest BCUT2D eigenvalue weighted by Crippen LogP contribution is 2.54. The lowest BCUT2D eigenvalue weighted by atomic mass is 9.59. The molecule has 0 unspecified atom stereocenters. The lowest BCUT2D eigenvalue weighted by molar-refractivity contribution is -0.903.